The zero-order valence-electron chi connectivity index (χ0n) is 10.2. The third-order valence-corrected chi connectivity index (χ3v) is 3.96. The lowest BCUT2D eigenvalue weighted by atomic mass is 9.87. The molecule has 1 aromatic carbocycles. The number of carbonyl (C=O) groups is 1. The monoisotopic (exact) mass is 230 g/mol. The van der Waals surface area contributed by atoms with Gasteiger partial charge in [-0.25, -0.2) is 0 Å². The highest BCUT2D eigenvalue weighted by Gasteiger charge is 2.38. The van der Waals surface area contributed by atoms with Crippen molar-refractivity contribution < 1.29 is 9.53 Å². The van der Waals surface area contributed by atoms with Crippen LogP contribution in [0.25, 0.3) is 0 Å². The molecule has 2 heteroatoms. The number of benzene rings is 1. The molecule has 3 rings (SSSR count). The molecule has 0 saturated carbocycles. The van der Waals surface area contributed by atoms with Crippen molar-refractivity contribution in [1.29, 1.82) is 0 Å². The molecule has 0 spiro atoms. The summed E-state index contributed by atoms with van der Waals surface area (Å²) in [6.07, 6.45) is 4.80. The molecule has 2 bridgehead atoms. The summed E-state index contributed by atoms with van der Waals surface area (Å²) in [7, 11) is 0. The van der Waals surface area contributed by atoms with Gasteiger partial charge >= 0.3 is 0 Å². The fourth-order valence-corrected chi connectivity index (χ4v) is 3.11. The van der Waals surface area contributed by atoms with Gasteiger partial charge in [-0.1, -0.05) is 23.8 Å². The van der Waals surface area contributed by atoms with Gasteiger partial charge in [0.05, 0.1) is 12.2 Å². The van der Waals surface area contributed by atoms with Crippen LogP contribution in [0.2, 0.25) is 0 Å². The van der Waals surface area contributed by atoms with Crippen molar-refractivity contribution in [2.45, 2.75) is 44.8 Å². The summed E-state index contributed by atoms with van der Waals surface area (Å²) in [5.41, 5.74) is 2.03. The summed E-state index contributed by atoms with van der Waals surface area (Å²) in [5.74, 6) is 0.497. The molecule has 2 unspecified atom stereocenters. The van der Waals surface area contributed by atoms with Gasteiger partial charge in [0.1, 0.15) is 0 Å². The zero-order chi connectivity index (χ0) is 11.8. The first kappa shape index (κ1) is 11.0. The Morgan fingerprint density at radius 3 is 2.59 bits per heavy atom. The second kappa shape index (κ2) is 4.26. The van der Waals surface area contributed by atoms with Crippen LogP contribution in [0.5, 0.6) is 0 Å². The molecule has 2 fully saturated rings. The fourth-order valence-electron chi connectivity index (χ4n) is 3.11. The smallest absolute Gasteiger partial charge is 0.166 e. The van der Waals surface area contributed by atoms with Crippen molar-refractivity contribution in [3.8, 4) is 0 Å². The number of rotatable bonds is 2. The van der Waals surface area contributed by atoms with E-state index in [0.29, 0.717) is 18.0 Å². The first-order chi connectivity index (χ1) is 8.22. The summed E-state index contributed by atoms with van der Waals surface area (Å²) in [5, 5.41) is 0. The van der Waals surface area contributed by atoms with Gasteiger partial charge in [-0.15, -0.1) is 0 Å². The van der Waals surface area contributed by atoms with E-state index < -0.39 is 0 Å². The standard InChI is InChI=1S/C15H18O2/c1-10-3-2-4-11(7-10)15(16)12-8-13-5-6-14(9-12)17-13/h2-4,7,12-14H,5-6,8-9H2,1H3. The van der Waals surface area contributed by atoms with Crippen LogP contribution in [0.3, 0.4) is 0 Å². The molecule has 0 N–H and O–H groups in total. The highest BCUT2D eigenvalue weighted by molar-refractivity contribution is 5.98. The summed E-state index contributed by atoms with van der Waals surface area (Å²) in [6.45, 7) is 2.03. The molecule has 2 saturated heterocycles. The van der Waals surface area contributed by atoms with E-state index in [4.69, 9.17) is 4.74 Å². The molecule has 0 amide bonds. The van der Waals surface area contributed by atoms with Gasteiger partial charge in [0, 0.05) is 11.5 Å². The normalized spacial score (nSPS) is 31.5. The number of aryl methyl sites for hydroxylation is 1. The predicted molar refractivity (Wildman–Crippen MR) is 66.1 cm³/mol. The van der Waals surface area contributed by atoms with E-state index in [9.17, 15) is 4.79 Å². The molecule has 0 radical (unpaired) electrons. The van der Waals surface area contributed by atoms with Crippen molar-refractivity contribution in [2.75, 3.05) is 0 Å². The second-order valence-corrected chi connectivity index (χ2v) is 5.36. The summed E-state index contributed by atoms with van der Waals surface area (Å²) < 4.78 is 5.79. The molecule has 17 heavy (non-hydrogen) atoms. The van der Waals surface area contributed by atoms with Crippen LogP contribution in [-0.2, 0) is 4.74 Å². The maximum absolute atomic E-state index is 12.4. The maximum atomic E-state index is 12.4. The number of Topliss-reactive ketones (excluding diaryl/α,β-unsaturated/α-hetero) is 1. The number of carbonyl (C=O) groups excluding carboxylic acids is 1. The first-order valence-corrected chi connectivity index (χ1v) is 6.49. The largest absolute Gasteiger partial charge is 0.375 e. The van der Waals surface area contributed by atoms with Crippen molar-refractivity contribution in [3.63, 3.8) is 0 Å². The van der Waals surface area contributed by atoms with Crippen molar-refractivity contribution in [1.82, 2.24) is 0 Å². The Labute approximate surface area is 102 Å². The van der Waals surface area contributed by atoms with E-state index in [1.807, 2.05) is 31.2 Å². The van der Waals surface area contributed by atoms with Crippen LogP contribution in [0.4, 0.5) is 0 Å². The van der Waals surface area contributed by atoms with Crippen molar-refractivity contribution >= 4 is 5.78 Å². The fraction of sp³-hybridized carbons (Fsp3) is 0.533. The van der Waals surface area contributed by atoms with E-state index in [2.05, 4.69) is 0 Å². The van der Waals surface area contributed by atoms with Gasteiger partial charge in [-0.3, -0.25) is 4.79 Å². The molecule has 2 aliphatic rings. The quantitative estimate of drug-likeness (QED) is 0.730. The van der Waals surface area contributed by atoms with Crippen LogP contribution < -0.4 is 0 Å². The Morgan fingerprint density at radius 2 is 1.94 bits per heavy atom. The minimum absolute atomic E-state index is 0.183. The molecule has 1 aromatic rings. The second-order valence-electron chi connectivity index (χ2n) is 5.36. The summed E-state index contributed by atoms with van der Waals surface area (Å²) >= 11 is 0. The molecule has 2 nitrogen and oxygen atoms in total. The summed E-state index contributed by atoms with van der Waals surface area (Å²) in [6, 6.07) is 7.94. The number of ketones is 1. The molecule has 90 valence electrons. The van der Waals surface area contributed by atoms with Crippen molar-refractivity contribution in [2.24, 2.45) is 5.92 Å². The number of ether oxygens (including phenoxy) is 1. The Kier molecular flexibility index (Phi) is 2.75. The highest BCUT2D eigenvalue weighted by Crippen LogP contribution is 2.37. The minimum Gasteiger partial charge on any atom is -0.375 e. The lowest BCUT2D eigenvalue weighted by molar-refractivity contribution is -0.0149. The van der Waals surface area contributed by atoms with Gasteiger partial charge in [-0.05, 0) is 38.7 Å². The lowest BCUT2D eigenvalue weighted by Crippen LogP contribution is -2.30. The van der Waals surface area contributed by atoms with Crippen LogP contribution in [0.1, 0.15) is 41.6 Å². The van der Waals surface area contributed by atoms with Gasteiger partial charge < -0.3 is 4.74 Å². The lowest BCUT2D eigenvalue weighted by Gasteiger charge is -2.27. The SMILES string of the molecule is Cc1cccc(C(=O)C2CC3CCC(C2)O3)c1. The highest BCUT2D eigenvalue weighted by atomic mass is 16.5. The topological polar surface area (TPSA) is 26.3 Å². The molecule has 2 aliphatic heterocycles. The van der Waals surface area contributed by atoms with E-state index in [-0.39, 0.29) is 5.92 Å². The molecule has 2 atom stereocenters. The Morgan fingerprint density at radius 1 is 1.24 bits per heavy atom. The van der Waals surface area contributed by atoms with Crippen molar-refractivity contribution in [3.05, 3.63) is 35.4 Å². The van der Waals surface area contributed by atoms with Gasteiger partial charge in [0.2, 0.25) is 0 Å². The van der Waals surface area contributed by atoms with E-state index in [1.165, 1.54) is 0 Å². The van der Waals surface area contributed by atoms with Crippen LogP contribution in [0.15, 0.2) is 24.3 Å². The molecule has 2 heterocycles. The molecular weight excluding hydrogens is 212 g/mol. The number of hydrogen-bond acceptors (Lipinski definition) is 2. The number of fused-ring (bicyclic) bond motifs is 2. The van der Waals surface area contributed by atoms with E-state index >= 15 is 0 Å². The van der Waals surface area contributed by atoms with Gasteiger partial charge in [0.15, 0.2) is 5.78 Å². The first-order valence-electron chi connectivity index (χ1n) is 6.49. The number of hydrogen-bond donors (Lipinski definition) is 0. The summed E-state index contributed by atoms with van der Waals surface area (Å²) in [4.78, 5) is 12.4. The Hall–Kier alpha value is -1.15. The third-order valence-electron chi connectivity index (χ3n) is 3.96. The third kappa shape index (κ3) is 2.14. The Balaban J connectivity index is 1.78. The van der Waals surface area contributed by atoms with Crippen LogP contribution >= 0.6 is 0 Å². The zero-order valence-corrected chi connectivity index (χ0v) is 10.2. The van der Waals surface area contributed by atoms with E-state index in [1.54, 1.807) is 0 Å². The predicted octanol–water partition coefficient (Wildman–Crippen LogP) is 3.14. The molecule has 0 aromatic heterocycles. The van der Waals surface area contributed by atoms with Crippen LogP contribution in [-0.4, -0.2) is 18.0 Å². The Bertz CT molecular complexity index is 426. The molecular formula is C15H18O2. The maximum Gasteiger partial charge on any atom is 0.166 e. The van der Waals surface area contributed by atoms with E-state index in [0.717, 1.165) is 36.8 Å². The average Bonchev–Trinajstić information content (AvgIpc) is 2.67. The average molecular weight is 230 g/mol. The van der Waals surface area contributed by atoms with Gasteiger partial charge in [0.25, 0.3) is 0 Å². The van der Waals surface area contributed by atoms with Crippen LogP contribution in [0, 0.1) is 12.8 Å². The van der Waals surface area contributed by atoms with Gasteiger partial charge in [-0.2, -0.15) is 0 Å². The molecule has 0 aliphatic carbocycles. The minimum atomic E-state index is 0.183.